The molecule has 0 fully saturated rings. The lowest BCUT2D eigenvalue weighted by atomic mass is 10.1. The number of carbonyl (C=O) groups is 2. The fourth-order valence-corrected chi connectivity index (χ4v) is 5.65. The van der Waals surface area contributed by atoms with Crippen LogP contribution in [0.2, 0.25) is 0 Å². The fraction of sp³-hybridized carbons (Fsp3) is 0.744. The van der Waals surface area contributed by atoms with E-state index in [1.54, 1.807) is 0 Å². The van der Waals surface area contributed by atoms with Gasteiger partial charge in [-0.15, -0.1) is 0 Å². The van der Waals surface area contributed by atoms with Crippen LogP contribution in [0.5, 0.6) is 0 Å². The van der Waals surface area contributed by atoms with E-state index >= 15 is 0 Å². The van der Waals surface area contributed by atoms with Gasteiger partial charge in [-0.2, -0.15) is 0 Å². The Hall–Kier alpha value is -2.07. The van der Waals surface area contributed by atoms with E-state index in [0.29, 0.717) is 12.8 Å². The minimum Gasteiger partial charge on any atom is -0.457 e. The Kier molecular flexibility index (Phi) is 33.9. The highest BCUT2D eigenvalue weighted by atomic mass is 31.2. The number of aliphatic hydroxyl groups excluding tert-OH is 2. The summed E-state index contributed by atoms with van der Waals surface area (Å²) in [5.74, 6) is -1.04. The summed E-state index contributed by atoms with van der Waals surface area (Å²) in [4.78, 5) is 34.3. The van der Waals surface area contributed by atoms with E-state index in [0.717, 1.165) is 83.5 Å². The highest BCUT2D eigenvalue weighted by Crippen LogP contribution is 2.43. The van der Waals surface area contributed by atoms with Gasteiger partial charge in [0.2, 0.25) is 0 Å². The predicted molar refractivity (Wildman–Crippen MR) is 201 cm³/mol. The quantitative estimate of drug-likeness (QED) is 0.0249. The summed E-state index contributed by atoms with van der Waals surface area (Å²) in [7, 11) is -4.63. The zero-order chi connectivity index (χ0) is 37.0. The monoisotopic (exact) mass is 728 g/mol. The summed E-state index contributed by atoms with van der Waals surface area (Å²) in [5, 5.41) is 19.0. The van der Waals surface area contributed by atoms with Gasteiger partial charge in [-0.05, 0) is 51.4 Å². The van der Waals surface area contributed by atoms with Crippen molar-refractivity contribution in [3.8, 4) is 0 Å². The lowest BCUT2D eigenvalue weighted by Crippen LogP contribution is -2.28. The molecule has 0 heterocycles. The Morgan fingerprint density at radius 2 is 0.940 bits per heavy atom. The van der Waals surface area contributed by atoms with Crippen LogP contribution in [-0.2, 0) is 32.7 Å². The molecule has 0 saturated carbocycles. The average Bonchev–Trinajstić information content (AvgIpc) is 3.10. The molecule has 0 aliphatic heterocycles. The lowest BCUT2D eigenvalue weighted by Gasteiger charge is -2.20. The lowest BCUT2D eigenvalue weighted by molar-refractivity contribution is -0.153. The molecule has 0 aliphatic rings. The van der Waals surface area contributed by atoms with E-state index < -0.39 is 58.4 Å². The zero-order valence-corrected chi connectivity index (χ0v) is 32.0. The van der Waals surface area contributed by atoms with E-state index in [9.17, 15) is 29.3 Å². The largest absolute Gasteiger partial charge is 0.472 e. The molecule has 0 spiro atoms. The van der Waals surface area contributed by atoms with Crippen LogP contribution in [0.4, 0.5) is 0 Å². The van der Waals surface area contributed by atoms with Crippen molar-refractivity contribution in [2.24, 2.45) is 0 Å². The molecular weight excluding hydrogens is 659 g/mol. The third kappa shape index (κ3) is 33.1. The van der Waals surface area contributed by atoms with Crippen molar-refractivity contribution in [3.05, 3.63) is 48.6 Å². The van der Waals surface area contributed by atoms with Crippen molar-refractivity contribution in [3.63, 3.8) is 0 Å². The van der Waals surface area contributed by atoms with Gasteiger partial charge in [-0.1, -0.05) is 133 Å². The number of aliphatic hydroxyl groups is 2. The van der Waals surface area contributed by atoms with Crippen LogP contribution in [0.25, 0.3) is 0 Å². The minimum absolute atomic E-state index is 0.175. The molecule has 0 radical (unpaired) electrons. The fourth-order valence-electron chi connectivity index (χ4n) is 4.87. The van der Waals surface area contributed by atoms with Gasteiger partial charge in [0.15, 0.2) is 0 Å². The van der Waals surface area contributed by atoms with Gasteiger partial charge < -0.3 is 24.6 Å². The number of rotatable bonds is 35. The first-order chi connectivity index (χ1) is 24.3. The molecule has 0 saturated heterocycles. The third-order valence-electron chi connectivity index (χ3n) is 7.81. The first-order valence-electron chi connectivity index (χ1n) is 19.1. The molecule has 3 unspecified atom stereocenters. The van der Waals surface area contributed by atoms with Crippen LogP contribution in [0, 0.1) is 0 Å². The van der Waals surface area contributed by atoms with Crippen molar-refractivity contribution in [2.75, 3.05) is 26.4 Å². The van der Waals surface area contributed by atoms with Crippen LogP contribution in [0.15, 0.2) is 48.6 Å². The molecule has 0 aromatic heterocycles. The summed E-state index contributed by atoms with van der Waals surface area (Å²) >= 11 is 0. The van der Waals surface area contributed by atoms with E-state index in [1.165, 1.54) is 25.7 Å². The molecule has 3 N–H and O–H groups in total. The molecule has 290 valence electrons. The number of hydrogen-bond acceptors (Lipinski definition) is 9. The second-order valence-electron chi connectivity index (χ2n) is 12.5. The van der Waals surface area contributed by atoms with Gasteiger partial charge in [0.25, 0.3) is 0 Å². The summed E-state index contributed by atoms with van der Waals surface area (Å²) < 4.78 is 32.4. The molecule has 0 aromatic rings. The normalized spacial score (nSPS) is 14.6. The smallest absolute Gasteiger partial charge is 0.457 e. The van der Waals surface area contributed by atoms with Gasteiger partial charge in [0, 0.05) is 12.8 Å². The van der Waals surface area contributed by atoms with Crippen LogP contribution < -0.4 is 0 Å². The van der Waals surface area contributed by atoms with Crippen LogP contribution in [0.1, 0.15) is 149 Å². The number of phosphoric ester groups is 1. The molecule has 0 aliphatic carbocycles. The van der Waals surface area contributed by atoms with E-state index in [2.05, 4.69) is 62.5 Å². The Bertz CT molecular complexity index is 978. The predicted octanol–water partition coefficient (Wildman–Crippen LogP) is 9.38. The summed E-state index contributed by atoms with van der Waals surface area (Å²) in [6.07, 6.45) is 35.3. The number of carbonyl (C=O) groups excluding carboxylic acids is 2. The second kappa shape index (κ2) is 35.3. The number of phosphoric acid groups is 1. The molecule has 50 heavy (non-hydrogen) atoms. The van der Waals surface area contributed by atoms with Gasteiger partial charge >= 0.3 is 19.8 Å². The zero-order valence-electron chi connectivity index (χ0n) is 31.1. The topological polar surface area (TPSA) is 149 Å². The second-order valence-corrected chi connectivity index (χ2v) is 14.0. The molecule has 0 aromatic carbocycles. The van der Waals surface area contributed by atoms with Crippen molar-refractivity contribution in [1.29, 1.82) is 0 Å². The van der Waals surface area contributed by atoms with Gasteiger partial charge in [-0.25, -0.2) is 4.57 Å². The van der Waals surface area contributed by atoms with Crippen molar-refractivity contribution < 1.29 is 47.8 Å². The summed E-state index contributed by atoms with van der Waals surface area (Å²) in [6, 6.07) is 0. The van der Waals surface area contributed by atoms with E-state index in [4.69, 9.17) is 18.5 Å². The van der Waals surface area contributed by atoms with Gasteiger partial charge in [0.05, 0.1) is 26.4 Å². The molecule has 0 bridgehead atoms. The van der Waals surface area contributed by atoms with Crippen molar-refractivity contribution in [2.45, 2.75) is 161 Å². The molecule has 0 amide bonds. The Labute approximate surface area is 303 Å². The molecule has 0 rings (SSSR count). The highest BCUT2D eigenvalue weighted by molar-refractivity contribution is 7.47. The number of allylic oxidation sites excluding steroid dienone is 8. The minimum atomic E-state index is -4.63. The number of esters is 2. The van der Waals surface area contributed by atoms with E-state index in [-0.39, 0.29) is 12.8 Å². The number of ether oxygens (including phenoxy) is 2. The Morgan fingerprint density at radius 3 is 1.36 bits per heavy atom. The molecule has 3 atom stereocenters. The van der Waals surface area contributed by atoms with Gasteiger partial charge in [-0.3, -0.25) is 18.6 Å². The molecule has 10 nitrogen and oxygen atoms in total. The number of unbranched alkanes of at least 4 members (excludes halogenated alkanes) is 13. The average molecular weight is 729 g/mol. The van der Waals surface area contributed by atoms with Crippen molar-refractivity contribution in [1.82, 2.24) is 0 Å². The van der Waals surface area contributed by atoms with Crippen molar-refractivity contribution >= 4 is 19.8 Å². The maximum absolute atomic E-state index is 12.3. The number of hydrogen-bond donors (Lipinski definition) is 3. The maximum Gasteiger partial charge on any atom is 0.472 e. The summed E-state index contributed by atoms with van der Waals surface area (Å²) in [5.41, 5.74) is 0. The SMILES string of the molecule is CC/C=C\C/C=C\C/C=C\C/C=C\CCCCCCCCC(=O)OC(CO)COP(=O)(O)OCC(CO)OC(=O)CCCCCCCCCC. The first-order valence-corrected chi connectivity index (χ1v) is 20.6. The van der Waals surface area contributed by atoms with Crippen LogP contribution in [-0.4, -0.2) is 65.7 Å². The van der Waals surface area contributed by atoms with E-state index in [1.807, 2.05) is 0 Å². The van der Waals surface area contributed by atoms with Crippen LogP contribution >= 0.6 is 7.82 Å². The first kappa shape index (κ1) is 47.9. The van der Waals surface area contributed by atoms with Gasteiger partial charge in [0.1, 0.15) is 12.2 Å². The molecular formula is C39H69O10P. The highest BCUT2D eigenvalue weighted by Gasteiger charge is 2.27. The Morgan fingerprint density at radius 1 is 0.560 bits per heavy atom. The summed E-state index contributed by atoms with van der Waals surface area (Å²) in [6.45, 7) is 2.01. The standard InChI is InChI=1S/C39H69O10P/c1-3-5-7-9-11-13-14-15-16-17-18-19-20-21-22-23-25-27-29-31-39(43)49-37(33-41)35-47-50(44,45)46-34-36(32-40)48-38(42)30-28-26-24-12-10-8-6-4-2/h5,7,11,13,15-16,18-19,36-37,40-41H,3-4,6,8-10,12,14,17,20-35H2,1-2H3,(H,44,45)/b7-5-,13-11-,16-15-,19-18-. The van der Waals surface area contributed by atoms with Crippen LogP contribution in [0.3, 0.4) is 0 Å². The molecule has 11 heteroatoms. The maximum atomic E-state index is 12.3. The third-order valence-corrected chi connectivity index (χ3v) is 8.76. The Balaban J connectivity index is 3.98.